The van der Waals surface area contributed by atoms with E-state index in [1.165, 1.54) is 10.9 Å². The molecule has 0 aliphatic rings. The summed E-state index contributed by atoms with van der Waals surface area (Å²) in [4.78, 5) is 0. The van der Waals surface area contributed by atoms with Crippen LogP contribution in [0.15, 0.2) is 65.1 Å². The molecular weight excluding hydrogens is 326 g/mol. The zero-order valence-corrected chi connectivity index (χ0v) is 13.1. The first-order valence-corrected chi connectivity index (χ1v) is 7.71. The molecule has 3 rings (SSSR count). The SMILES string of the molecule is NCCc1cccc(Oc2ccc3ccccc3c2Br)c1. The van der Waals surface area contributed by atoms with E-state index < -0.39 is 0 Å². The van der Waals surface area contributed by atoms with Gasteiger partial charge in [-0.2, -0.15) is 0 Å². The molecule has 0 saturated heterocycles. The number of nitrogens with two attached hydrogens (primary N) is 1. The van der Waals surface area contributed by atoms with E-state index in [0.717, 1.165) is 27.8 Å². The molecule has 3 heteroatoms. The molecule has 0 atom stereocenters. The van der Waals surface area contributed by atoms with E-state index in [9.17, 15) is 0 Å². The summed E-state index contributed by atoms with van der Waals surface area (Å²) in [6.45, 7) is 0.642. The topological polar surface area (TPSA) is 35.2 Å². The van der Waals surface area contributed by atoms with Gasteiger partial charge in [0.2, 0.25) is 0 Å². The molecule has 0 radical (unpaired) electrons. The van der Waals surface area contributed by atoms with Crippen molar-refractivity contribution < 1.29 is 4.74 Å². The Kier molecular flexibility index (Phi) is 4.23. The molecule has 21 heavy (non-hydrogen) atoms. The van der Waals surface area contributed by atoms with Crippen LogP contribution >= 0.6 is 15.9 Å². The van der Waals surface area contributed by atoms with E-state index in [2.05, 4.69) is 40.2 Å². The lowest BCUT2D eigenvalue weighted by Crippen LogP contribution is -2.02. The smallest absolute Gasteiger partial charge is 0.142 e. The van der Waals surface area contributed by atoms with Gasteiger partial charge in [-0.3, -0.25) is 0 Å². The monoisotopic (exact) mass is 341 g/mol. The number of rotatable bonds is 4. The van der Waals surface area contributed by atoms with E-state index in [1.54, 1.807) is 0 Å². The van der Waals surface area contributed by atoms with Crippen LogP contribution in [0.5, 0.6) is 11.5 Å². The third-order valence-corrected chi connectivity index (χ3v) is 4.21. The predicted molar refractivity (Wildman–Crippen MR) is 90.9 cm³/mol. The minimum Gasteiger partial charge on any atom is -0.456 e. The van der Waals surface area contributed by atoms with Crippen molar-refractivity contribution in [2.75, 3.05) is 6.54 Å². The molecule has 0 aliphatic heterocycles. The average Bonchev–Trinajstić information content (AvgIpc) is 2.51. The second-order valence-electron chi connectivity index (χ2n) is 4.89. The number of hydrogen-bond acceptors (Lipinski definition) is 2. The van der Waals surface area contributed by atoms with Gasteiger partial charge in [-0.15, -0.1) is 0 Å². The fourth-order valence-electron chi connectivity index (χ4n) is 2.35. The highest BCUT2D eigenvalue weighted by Gasteiger charge is 2.07. The molecule has 0 saturated carbocycles. The Hall–Kier alpha value is -1.84. The molecule has 0 unspecified atom stereocenters. The third-order valence-electron chi connectivity index (χ3n) is 3.39. The predicted octanol–water partition coefficient (Wildman–Crippen LogP) is 4.90. The third kappa shape index (κ3) is 3.09. The van der Waals surface area contributed by atoms with Crippen LogP contribution in [0.2, 0.25) is 0 Å². The molecule has 0 bridgehead atoms. The molecule has 3 aromatic rings. The van der Waals surface area contributed by atoms with Crippen molar-refractivity contribution >= 4 is 26.7 Å². The Labute approximate surface area is 132 Å². The maximum absolute atomic E-state index is 6.02. The summed E-state index contributed by atoms with van der Waals surface area (Å²) in [5, 5.41) is 2.33. The Morgan fingerprint density at radius 1 is 0.952 bits per heavy atom. The molecule has 0 spiro atoms. The quantitative estimate of drug-likeness (QED) is 0.732. The Morgan fingerprint density at radius 3 is 2.67 bits per heavy atom. The zero-order chi connectivity index (χ0) is 14.7. The van der Waals surface area contributed by atoms with Crippen LogP contribution in [-0.2, 0) is 6.42 Å². The molecular formula is C18H16BrNO. The molecule has 0 amide bonds. The second kappa shape index (κ2) is 6.29. The lowest BCUT2D eigenvalue weighted by atomic mass is 10.1. The summed E-state index contributed by atoms with van der Waals surface area (Å²) < 4.78 is 6.99. The van der Waals surface area contributed by atoms with Crippen LogP contribution in [0.1, 0.15) is 5.56 Å². The van der Waals surface area contributed by atoms with Gasteiger partial charge >= 0.3 is 0 Å². The second-order valence-corrected chi connectivity index (χ2v) is 5.68. The van der Waals surface area contributed by atoms with Crippen molar-refractivity contribution in [2.24, 2.45) is 5.73 Å². The van der Waals surface area contributed by atoms with Crippen LogP contribution in [-0.4, -0.2) is 6.54 Å². The van der Waals surface area contributed by atoms with E-state index in [0.29, 0.717) is 6.54 Å². The van der Waals surface area contributed by atoms with Crippen LogP contribution in [0, 0.1) is 0 Å². The Morgan fingerprint density at radius 2 is 1.81 bits per heavy atom. The Bertz CT molecular complexity index is 770. The lowest BCUT2D eigenvalue weighted by molar-refractivity contribution is 0.480. The largest absolute Gasteiger partial charge is 0.456 e. The summed E-state index contributed by atoms with van der Waals surface area (Å²) in [6, 6.07) is 20.3. The van der Waals surface area contributed by atoms with Gasteiger partial charge in [-0.1, -0.05) is 42.5 Å². The van der Waals surface area contributed by atoms with Crippen molar-refractivity contribution in [3.05, 3.63) is 70.7 Å². The van der Waals surface area contributed by atoms with Crippen molar-refractivity contribution in [1.82, 2.24) is 0 Å². The molecule has 0 heterocycles. The number of benzene rings is 3. The van der Waals surface area contributed by atoms with Crippen molar-refractivity contribution in [3.8, 4) is 11.5 Å². The summed E-state index contributed by atoms with van der Waals surface area (Å²) >= 11 is 3.64. The summed E-state index contributed by atoms with van der Waals surface area (Å²) in [5.41, 5.74) is 6.79. The van der Waals surface area contributed by atoms with Gasteiger partial charge in [0.15, 0.2) is 0 Å². The fourth-order valence-corrected chi connectivity index (χ4v) is 2.92. The van der Waals surface area contributed by atoms with Crippen LogP contribution in [0.3, 0.4) is 0 Å². The number of hydrogen-bond donors (Lipinski definition) is 1. The van der Waals surface area contributed by atoms with Gasteiger partial charge in [0.1, 0.15) is 11.5 Å². The molecule has 3 aromatic carbocycles. The summed E-state index contributed by atoms with van der Waals surface area (Å²) in [5.74, 6) is 1.65. The zero-order valence-electron chi connectivity index (χ0n) is 11.6. The van der Waals surface area contributed by atoms with Gasteiger partial charge < -0.3 is 10.5 Å². The maximum atomic E-state index is 6.02. The van der Waals surface area contributed by atoms with E-state index in [1.807, 2.05) is 36.4 Å². The van der Waals surface area contributed by atoms with E-state index in [-0.39, 0.29) is 0 Å². The standard InChI is InChI=1S/C18H16BrNO/c19-18-16-7-2-1-5-14(16)8-9-17(18)21-15-6-3-4-13(12-15)10-11-20/h1-9,12H,10-11,20H2. The normalized spacial score (nSPS) is 10.8. The van der Waals surface area contributed by atoms with E-state index >= 15 is 0 Å². The van der Waals surface area contributed by atoms with Gasteiger partial charge in [0.05, 0.1) is 4.47 Å². The molecule has 2 nitrogen and oxygen atoms in total. The molecule has 0 fully saturated rings. The Balaban J connectivity index is 1.94. The van der Waals surface area contributed by atoms with Crippen molar-refractivity contribution in [1.29, 1.82) is 0 Å². The molecule has 2 N–H and O–H groups in total. The van der Waals surface area contributed by atoms with E-state index in [4.69, 9.17) is 10.5 Å². The maximum Gasteiger partial charge on any atom is 0.142 e. The molecule has 0 aliphatic carbocycles. The first kappa shape index (κ1) is 14.1. The van der Waals surface area contributed by atoms with Crippen molar-refractivity contribution in [2.45, 2.75) is 6.42 Å². The van der Waals surface area contributed by atoms with Crippen molar-refractivity contribution in [3.63, 3.8) is 0 Å². The lowest BCUT2D eigenvalue weighted by Gasteiger charge is -2.11. The highest BCUT2D eigenvalue weighted by Crippen LogP contribution is 2.35. The van der Waals surface area contributed by atoms with Gasteiger partial charge in [-0.05, 0) is 63.4 Å². The summed E-state index contributed by atoms with van der Waals surface area (Å²) in [7, 11) is 0. The van der Waals surface area contributed by atoms with Crippen LogP contribution < -0.4 is 10.5 Å². The number of halogens is 1. The van der Waals surface area contributed by atoms with Gasteiger partial charge in [0.25, 0.3) is 0 Å². The number of fused-ring (bicyclic) bond motifs is 1. The van der Waals surface area contributed by atoms with Crippen LogP contribution in [0.4, 0.5) is 0 Å². The first-order valence-electron chi connectivity index (χ1n) is 6.92. The highest BCUT2D eigenvalue weighted by atomic mass is 79.9. The highest BCUT2D eigenvalue weighted by molar-refractivity contribution is 9.10. The minimum atomic E-state index is 0.642. The average molecular weight is 342 g/mol. The van der Waals surface area contributed by atoms with Crippen LogP contribution in [0.25, 0.3) is 10.8 Å². The molecule has 106 valence electrons. The number of ether oxygens (including phenoxy) is 1. The summed E-state index contributed by atoms with van der Waals surface area (Å²) in [6.07, 6.45) is 0.857. The fraction of sp³-hybridized carbons (Fsp3) is 0.111. The minimum absolute atomic E-state index is 0.642. The molecule has 0 aromatic heterocycles. The first-order chi connectivity index (χ1) is 10.3. The van der Waals surface area contributed by atoms with Gasteiger partial charge in [-0.25, -0.2) is 0 Å². The van der Waals surface area contributed by atoms with Gasteiger partial charge in [0, 0.05) is 0 Å².